The zero-order chi connectivity index (χ0) is 31.0. The molecule has 0 aliphatic carbocycles. The first kappa shape index (κ1) is 32.3. The molecule has 0 saturated carbocycles. The third kappa shape index (κ3) is 6.61. The van der Waals surface area contributed by atoms with Crippen LogP contribution < -0.4 is 15.2 Å². The Morgan fingerprint density at radius 2 is 1.81 bits per heavy atom. The number of aryl methyl sites for hydroxylation is 1. The van der Waals surface area contributed by atoms with E-state index in [9.17, 15) is 17.8 Å². The minimum absolute atomic E-state index is 0.0456. The number of nitrogens with two attached hydrogens (primary N) is 1. The van der Waals surface area contributed by atoms with Crippen molar-refractivity contribution in [2.24, 2.45) is 23.5 Å². The van der Waals surface area contributed by atoms with Gasteiger partial charge in [-0.3, -0.25) is 14.2 Å². The molecular formula is C32H46N2O7S. The normalized spacial score (nSPS) is 24.0. The van der Waals surface area contributed by atoms with Gasteiger partial charge in [-0.2, -0.15) is 8.42 Å². The van der Waals surface area contributed by atoms with Crippen molar-refractivity contribution in [3.05, 3.63) is 52.6 Å². The van der Waals surface area contributed by atoms with Crippen molar-refractivity contribution in [1.29, 1.82) is 0 Å². The standard InChI is InChI=1S/C32H46N2O7S/c1-19(2)30(33)31(35)41-29-17-32(5)26-16-28(40-7)27(39-6)15-22(26)10-11-34(32)18-24(29)13-20(3)12-23-14-25(42(36,37)38)9-8-21(23)4/h8-9,14-16,19-20,24,29-30H,10-13,17-18,33H2,1-7H3,(H,36,37,38)/t20?,24-,29-,30+,32?/m1/s1. The molecule has 9 nitrogen and oxygen atoms in total. The molecule has 0 radical (unpaired) electrons. The molecule has 42 heavy (non-hydrogen) atoms. The summed E-state index contributed by atoms with van der Waals surface area (Å²) in [6, 6.07) is 8.12. The van der Waals surface area contributed by atoms with Crippen molar-refractivity contribution in [3.63, 3.8) is 0 Å². The molecule has 0 amide bonds. The van der Waals surface area contributed by atoms with Crippen LogP contribution in [0.5, 0.6) is 11.5 Å². The zero-order valence-electron chi connectivity index (χ0n) is 25.8. The molecule has 2 heterocycles. The Kier molecular flexibility index (Phi) is 9.62. The molecular weight excluding hydrogens is 556 g/mol. The van der Waals surface area contributed by atoms with Crippen LogP contribution in [0, 0.1) is 24.7 Å². The molecule has 1 saturated heterocycles. The molecule has 1 fully saturated rings. The molecule has 2 aromatic carbocycles. The molecule has 0 aromatic heterocycles. The van der Waals surface area contributed by atoms with E-state index in [1.807, 2.05) is 20.8 Å². The summed E-state index contributed by atoms with van der Waals surface area (Å²) >= 11 is 0. The first-order valence-corrected chi connectivity index (χ1v) is 16.2. The number of hydrogen-bond donors (Lipinski definition) is 2. The minimum Gasteiger partial charge on any atom is -0.493 e. The van der Waals surface area contributed by atoms with Gasteiger partial charge in [0.2, 0.25) is 0 Å². The molecule has 2 aromatic rings. The Hall–Kier alpha value is -2.66. The number of piperidine rings is 1. The van der Waals surface area contributed by atoms with Gasteiger partial charge in [0.1, 0.15) is 12.1 Å². The van der Waals surface area contributed by atoms with E-state index in [2.05, 4.69) is 30.9 Å². The maximum absolute atomic E-state index is 13.2. The summed E-state index contributed by atoms with van der Waals surface area (Å²) in [6.07, 6.45) is 2.54. The van der Waals surface area contributed by atoms with E-state index in [-0.39, 0.29) is 40.3 Å². The van der Waals surface area contributed by atoms with Crippen LogP contribution in [-0.4, -0.2) is 63.3 Å². The van der Waals surface area contributed by atoms with Crippen molar-refractivity contribution in [2.45, 2.75) is 82.9 Å². The smallest absolute Gasteiger partial charge is 0.323 e. The molecule has 3 N–H and O–H groups in total. The number of carbonyl (C=O) groups excluding carboxylic acids is 1. The quantitative estimate of drug-likeness (QED) is 0.298. The Labute approximate surface area is 250 Å². The molecule has 232 valence electrons. The molecule has 10 heteroatoms. The second kappa shape index (κ2) is 12.5. The number of benzene rings is 2. The van der Waals surface area contributed by atoms with Crippen molar-refractivity contribution in [3.8, 4) is 11.5 Å². The summed E-state index contributed by atoms with van der Waals surface area (Å²) < 4.78 is 50.5. The molecule has 0 spiro atoms. The Balaban J connectivity index is 1.63. The first-order valence-electron chi connectivity index (χ1n) is 14.7. The maximum Gasteiger partial charge on any atom is 0.323 e. The predicted molar refractivity (Wildman–Crippen MR) is 161 cm³/mol. The summed E-state index contributed by atoms with van der Waals surface area (Å²) in [6.45, 7) is 11.7. The van der Waals surface area contributed by atoms with Crippen molar-refractivity contribution >= 4 is 16.1 Å². The second-order valence-corrected chi connectivity index (χ2v) is 14.1. The van der Waals surface area contributed by atoms with Gasteiger partial charge < -0.3 is 19.9 Å². The van der Waals surface area contributed by atoms with Gasteiger partial charge in [-0.05, 0) is 91.5 Å². The summed E-state index contributed by atoms with van der Waals surface area (Å²) in [7, 11) is -1.01. The van der Waals surface area contributed by atoms with Crippen molar-refractivity contribution in [1.82, 2.24) is 4.90 Å². The fourth-order valence-electron chi connectivity index (χ4n) is 6.66. The average Bonchev–Trinajstić information content (AvgIpc) is 2.92. The Morgan fingerprint density at radius 3 is 2.43 bits per heavy atom. The topological polar surface area (TPSA) is 128 Å². The summed E-state index contributed by atoms with van der Waals surface area (Å²) in [5.41, 5.74) is 10.0. The van der Waals surface area contributed by atoms with Gasteiger partial charge >= 0.3 is 5.97 Å². The first-order chi connectivity index (χ1) is 19.7. The number of methoxy groups -OCH3 is 2. The van der Waals surface area contributed by atoms with Gasteiger partial charge in [0, 0.05) is 31.0 Å². The van der Waals surface area contributed by atoms with Gasteiger partial charge in [-0.1, -0.05) is 26.8 Å². The zero-order valence-corrected chi connectivity index (χ0v) is 26.7. The lowest BCUT2D eigenvalue weighted by Crippen LogP contribution is -2.59. The van der Waals surface area contributed by atoms with Crippen molar-refractivity contribution < 1.29 is 32.0 Å². The number of hydrogen-bond acceptors (Lipinski definition) is 8. The minimum atomic E-state index is -4.29. The number of esters is 1. The largest absolute Gasteiger partial charge is 0.493 e. The van der Waals surface area contributed by atoms with Crippen LogP contribution in [0.1, 0.15) is 62.8 Å². The number of nitrogens with zero attached hydrogens (tertiary/aromatic N) is 1. The molecule has 2 aliphatic rings. The van der Waals surface area contributed by atoms with E-state index in [1.54, 1.807) is 26.4 Å². The van der Waals surface area contributed by atoms with E-state index in [0.717, 1.165) is 42.6 Å². The third-order valence-corrected chi connectivity index (χ3v) is 10.1. The fourth-order valence-corrected chi connectivity index (χ4v) is 7.19. The lowest BCUT2D eigenvalue weighted by molar-refractivity contribution is -0.164. The second-order valence-electron chi connectivity index (χ2n) is 12.7. The van der Waals surface area contributed by atoms with Crippen LogP contribution >= 0.6 is 0 Å². The maximum atomic E-state index is 13.2. The van der Waals surface area contributed by atoms with E-state index < -0.39 is 16.2 Å². The highest BCUT2D eigenvalue weighted by molar-refractivity contribution is 7.85. The van der Waals surface area contributed by atoms with Gasteiger partial charge in [-0.25, -0.2) is 0 Å². The lowest BCUT2D eigenvalue weighted by Gasteiger charge is -2.54. The highest BCUT2D eigenvalue weighted by Crippen LogP contribution is 2.48. The van der Waals surface area contributed by atoms with Gasteiger partial charge in [-0.15, -0.1) is 0 Å². The van der Waals surface area contributed by atoms with Crippen LogP contribution in [0.2, 0.25) is 0 Å². The molecule has 2 unspecified atom stereocenters. The number of carbonyl (C=O) groups is 1. The molecule has 5 atom stereocenters. The van der Waals surface area contributed by atoms with Crippen LogP contribution in [0.15, 0.2) is 35.2 Å². The fraction of sp³-hybridized carbons (Fsp3) is 0.594. The third-order valence-electron chi connectivity index (χ3n) is 9.27. The van der Waals surface area contributed by atoms with E-state index in [4.69, 9.17) is 19.9 Å². The highest BCUT2D eigenvalue weighted by Gasteiger charge is 2.49. The van der Waals surface area contributed by atoms with Crippen LogP contribution in [0.4, 0.5) is 0 Å². The van der Waals surface area contributed by atoms with Gasteiger partial charge in [0.05, 0.1) is 19.1 Å². The van der Waals surface area contributed by atoms with E-state index >= 15 is 0 Å². The van der Waals surface area contributed by atoms with Crippen LogP contribution in [-0.2, 0) is 38.0 Å². The Bertz CT molecular complexity index is 1410. The van der Waals surface area contributed by atoms with Crippen molar-refractivity contribution in [2.75, 3.05) is 27.3 Å². The summed E-state index contributed by atoms with van der Waals surface area (Å²) in [5, 5.41) is 0. The SMILES string of the molecule is COc1cc2c(cc1OC)C1(C)C[C@@H](OC(=O)[C@@H](N)C(C)C)[C@H](CC(C)Cc3cc(S(=O)(=O)O)ccc3C)CN1CC2. The molecule has 4 rings (SSSR count). The number of fused-ring (bicyclic) bond motifs is 3. The lowest BCUT2D eigenvalue weighted by atomic mass is 9.71. The number of ether oxygens (including phenoxy) is 3. The van der Waals surface area contributed by atoms with Gasteiger partial charge in [0.25, 0.3) is 10.1 Å². The molecule has 2 aliphatic heterocycles. The molecule has 0 bridgehead atoms. The number of rotatable bonds is 10. The monoisotopic (exact) mass is 602 g/mol. The summed E-state index contributed by atoms with van der Waals surface area (Å²) in [5.74, 6) is 1.17. The highest BCUT2D eigenvalue weighted by atomic mass is 32.2. The van der Waals surface area contributed by atoms with Crippen LogP contribution in [0.3, 0.4) is 0 Å². The van der Waals surface area contributed by atoms with E-state index in [0.29, 0.717) is 24.3 Å². The predicted octanol–water partition coefficient (Wildman–Crippen LogP) is 4.52. The summed E-state index contributed by atoms with van der Waals surface area (Å²) in [4.78, 5) is 15.6. The average molecular weight is 603 g/mol. The van der Waals surface area contributed by atoms with E-state index in [1.165, 1.54) is 11.6 Å². The van der Waals surface area contributed by atoms with Gasteiger partial charge in [0.15, 0.2) is 11.5 Å². The Morgan fingerprint density at radius 1 is 1.14 bits per heavy atom. The van der Waals surface area contributed by atoms with Crippen LogP contribution in [0.25, 0.3) is 0 Å².